The maximum absolute atomic E-state index is 12.6. The van der Waals surface area contributed by atoms with Gasteiger partial charge in [-0.3, -0.25) is 13.9 Å². The highest BCUT2D eigenvalue weighted by atomic mass is 32.2. The number of imidazole rings is 1. The van der Waals surface area contributed by atoms with E-state index in [2.05, 4.69) is 16.9 Å². The molecule has 2 aromatic heterocycles. The number of aromatic amines is 1. The molecule has 0 spiro atoms. The Morgan fingerprint density at radius 2 is 1.71 bits per heavy atom. The largest absolute Gasteiger partial charge is 0.332 e. The van der Waals surface area contributed by atoms with Gasteiger partial charge >= 0.3 is 5.69 Å². The molecule has 2 rings (SSSR count). The fraction of sp³-hybridized carbons (Fsp3) is 0.643. The van der Waals surface area contributed by atoms with Gasteiger partial charge in [0, 0.05) is 13.1 Å². The van der Waals surface area contributed by atoms with Crippen LogP contribution in [0, 0.1) is 0 Å². The van der Waals surface area contributed by atoms with Gasteiger partial charge in [0.1, 0.15) is 0 Å². The van der Waals surface area contributed by atoms with Crippen molar-refractivity contribution in [2.75, 3.05) is 6.26 Å². The number of H-pyrrole nitrogens is 1. The van der Waals surface area contributed by atoms with Crippen LogP contribution in [-0.2, 0) is 13.1 Å². The van der Waals surface area contributed by atoms with Crippen molar-refractivity contribution in [3.63, 3.8) is 0 Å². The minimum Gasteiger partial charge on any atom is -0.327 e. The van der Waals surface area contributed by atoms with E-state index in [1.165, 1.54) is 16.3 Å². The van der Waals surface area contributed by atoms with Crippen molar-refractivity contribution >= 4 is 22.9 Å². The highest BCUT2D eigenvalue weighted by Gasteiger charge is 2.16. The molecule has 0 aliphatic heterocycles. The number of aryl methyl sites for hydroxylation is 1. The van der Waals surface area contributed by atoms with Gasteiger partial charge in [-0.1, -0.05) is 38.5 Å². The smallest absolute Gasteiger partial charge is 0.327 e. The van der Waals surface area contributed by atoms with Crippen molar-refractivity contribution in [1.82, 2.24) is 19.1 Å². The van der Waals surface area contributed by atoms with E-state index in [1.807, 2.05) is 13.2 Å². The monoisotopic (exact) mass is 310 g/mol. The topological polar surface area (TPSA) is 72.7 Å². The van der Waals surface area contributed by atoms with Crippen LogP contribution in [-0.4, -0.2) is 25.4 Å². The van der Waals surface area contributed by atoms with Crippen LogP contribution in [0.5, 0.6) is 0 Å². The Bertz CT molecular complexity index is 729. The fourth-order valence-corrected chi connectivity index (χ4v) is 2.66. The lowest BCUT2D eigenvalue weighted by molar-refractivity contribution is 0.530. The minimum absolute atomic E-state index is 0.242. The third-order valence-corrected chi connectivity index (χ3v) is 4.08. The molecule has 0 aliphatic rings. The van der Waals surface area contributed by atoms with Gasteiger partial charge in [0.2, 0.25) is 0 Å². The first-order valence-corrected chi connectivity index (χ1v) is 8.63. The van der Waals surface area contributed by atoms with E-state index in [9.17, 15) is 9.59 Å². The number of thioether (sulfide) groups is 1. The number of hydrogen-bond acceptors (Lipinski definition) is 4. The summed E-state index contributed by atoms with van der Waals surface area (Å²) < 4.78 is 2.97. The standard InChI is InChI=1S/C14H22N4O2S/c1-4-6-8-17-11-10(15-13(16-11)21-3)12(19)18(14(17)20)9-7-5-2/h4-9H2,1-3H3,(H,15,16). The molecule has 0 unspecified atom stereocenters. The van der Waals surface area contributed by atoms with Crippen molar-refractivity contribution in [2.45, 2.75) is 57.8 Å². The molecule has 0 aromatic carbocycles. The summed E-state index contributed by atoms with van der Waals surface area (Å²) in [6.07, 6.45) is 5.53. The highest BCUT2D eigenvalue weighted by molar-refractivity contribution is 7.98. The average Bonchev–Trinajstić information content (AvgIpc) is 2.91. The number of nitrogens with zero attached hydrogens (tertiary/aromatic N) is 3. The molecule has 0 fully saturated rings. The van der Waals surface area contributed by atoms with E-state index in [1.54, 1.807) is 4.57 Å². The molecular formula is C14H22N4O2S. The first-order chi connectivity index (χ1) is 10.1. The van der Waals surface area contributed by atoms with E-state index in [0.717, 1.165) is 25.7 Å². The molecule has 2 aromatic rings. The van der Waals surface area contributed by atoms with Crippen molar-refractivity contribution in [3.8, 4) is 0 Å². The lowest BCUT2D eigenvalue weighted by Gasteiger charge is -2.10. The molecule has 7 heteroatoms. The molecule has 0 aliphatic carbocycles. The summed E-state index contributed by atoms with van der Waals surface area (Å²) in [7, 11) is 0. The maximum atomic E-state index is 12.6. The van der Waals surface area contributed by atoms with Crippen molar-refractivity contribution < 1.29 is 0 Å². The summed E-state index contributed by atoms with van der Waals surface area (Å²) in [5.41, 5.74) is 0.416. The highest BCUT2D eigenvalue weighted by Crippen LogP contribution is 2.14. The summed E-state index contributed by atoms with van der Waals surface area (Å²) in [6, 6.07) is 0. The van der Waals surface area contributed by atoms with Crippen LogP contribution in [0.25, 0.3) is 11.2 Å². The summed E-state index contributed by atoms with van der Waals surface area (Å²) in [6.45, 7) is 5.18. The molecule has 0 saturated carbocycles. The second-order valence-electron chi connectivity index (χ2n) is 5.04. The van der Waals surface area contributed by atoms with Crippen LogP contribution in [0.15, 0.2) is 14.7 Å². The Hall–Kier alpha value is -1.50. The first kappa shape index (κ1) is 15.9. The van der Waals surface area contributed by atoms with Crippen molar-refractivity contribution in [2.24, 2.45) is 0 Å². The predicted molar refractivity (Wildman–Crippen MR) is 86.2 cm³/mol. The third-order valence-electron chi connectivity index (χ3n) is 3.50. The van der Waals surface area contributed by atoms with Gasteiger partial charge < -0.3 is 4.98 Å². The quantitative estimate of drug-likeness (QED) is 0.796. The maximum Gasteiger partial charge on any atom is 0.332 e. The Balaban J connectivity index is 2.68. The minimum atomic E-state index is -0.260. The van der Waals surface area contributed by atoms with Crippen molar-refractivity contribution in [3.05, 3.63) is 20.8 Å². The molecular weight excluding hydrogens is 288 g/mol. The van der Waals surface area contributed by atoms with E-state index in [-0.39, 0.29) is 11.2 Å². The first-order valence-electron chi connectivity index (χ1n) is 7.41. The van der Waals surface area contributed by atoms with E-state index in [0.29, 0.717) is 29.4 Å². The van der Waals surface area contributed by atoms with Crippen LogP contribution in [0.1, 0.15) is 39.5 Å². The summed E-state index contributed by atoms with van der Waals surface area (Å²) >= 11 is 1.44. The second kappa shape index (κ2) is 6.98. The van der Waals surface area contributed by atoms with Gasteiger partial charge in [-0.25, -0.2) is 9.78 Å². The number of fused-ring (bicyclic) bond motifs is 1. The molecule has 116 valence electrons. The third kappa shape index (κ3) is 3.07. The van der Waals surface area contributed by atoms with Crippen LogP contribution in [0.3, 0.4) is 0 Å². The van der Waals surface area contributed by atoms with Gasteiger partial charge in [0.15, 0.2) is 16.3 Å². The molecule has 0 saturated heterocycles. The zero-order chi connectivity index (χ0) is 15.4. The lowest BCUT2D eigenvalue weighted by atomic mass is 10.3. The van der Waals surface area contributed by atoms with Crippen LogP contribution in [0.2, 0.25) is 0 Å². The molecule has 0 atom stereocenters. The number of rotatable bonds is 7. The van der Waals surface area contributed by atoms with E-state index in [4.69, 9.17) is 0 Å². The average molecular weight is 310 g/mol. The molecule has 21 heavy (non-hydrogen) atoms. The predicted octanol–water partition coefficient (Wildman–Crippen LogP) is 2.21. The van der Waals surface area contributed by atoms with E-state index < -0.39 is 0 Å². The van der Waals surface area contributed by atoms with Crippen molar-refractivity contribution in [1.29, 1.82) is 0 Å². The zero-order valence-corrected chi connectivity index (χ0v) is 13.6. The Kier molecular flexibility index (Phi) is 5.27. The molecule has 0 bridgehead atoms. The molecule has 0 radical (unpaired) electrons. The number of nitrogens with one attached hydrogen (secondary N) is 1. The lowest BCUT2D eigenvalue weighted by Crippen LogP contribution is -2.40. The normalized spacial score (nSPS) is 11.4. The molecule has 2 heterocycles. The van der Waals surface area contributed by atoms with Gasteiger partial charge in [0.25, 0.3) is 5.56 Å². The Labute approximate surface area is 127 Å². The van der Waals surface area contributed by atoms with Gasteiger partial charge in [-0.2, -0.15) is 0 Å². The van der Waals surface area contributed by atoms with Crippen LogP contribution >= 0.6 is 11.8 Å². The molecule has 6 nitrogen and oxygen atoms in total. The number of aromatic nitrogens is 4. The fourth-order valence-electron chi connectivity index (χ4n) is 2.27. The number of hydrogen-bond donors (Lipinski definition) is 1. The molecule has 0 amide bonds. The second-order valence-corrected chi connectivity index (χ2v) is 5.84. The Morgan fingerprint density at radius 3 is 2.29 bits per heavy atom. The van der Waals surface area contributed by atoms with Crippen LogP contribution < -0.4 is 11.2 Å². The SMILES string of the molecule is CCCCn1c(=O)c2[nH]c(SC)nc2n(CCCC)c1=O. The van der Waals surface area contributed by atoms with Gasteiger partial charge in [-0.15, -0.1) is 0 Å². The summed E-state index contributed by atoms with van der Waals surface area (Å²) in [5.74, 6) is 0. The van der Waals surface area contributed by atoms with Gasteiger partial charge in [-0.05, 0) is 19.1 Å². The summed E-state index contributed by atoms with van der Waals surface area (Å²) in [5, 5.41) is 0.667. The molecule has 1 N–H and O–H groups in total. The zero-order valence-electron chi connectivity index (χ0n) is 12.8. The van der Waals surface area contributed by atoms with Crippen LogP contribution in [0.4, 0.5) is 0 Å². The number of unbranched alkanes of at least 4 members (excludes halogenated alkanes) is 2. The van der Waals surface area contributed by atoms with E-state index >= 15 is 0 Å². The van der Waals surface area contributed by atoms with Gasteiger partial charge in [0.05, 0.1) is 0 Å². The Morgan fingerprint density at radius 1 is 1.10 bits per heavy atom. The summed E-state index contributed by atoms with van der Waals surface area (Å²) in [4.78, 5) is 32.5.